The maximum atomic E-state index is 5.86. The van der Waals surface area contributed by atoms with Gasteiger partial charge in [0.05, 0.1) is 12.0 Å². The van der Waals surface area contributed by atoms with Gasteiger partial charge in [0.1, 0.15) is 29.6 Å². The van der Waals surface area contributed by atoms with Crippen LogP contribution in [0, 0.1) is 0 Å². The molecule has 0 aliphatic rings. The second-order valence-electron chi connectivity index (χ2n) is 5.44. The number of hydrogen-bond donors (Lipinski definition) is 1. The molecule has 2 aromatic heterocycles. The van der Waals surface area contributed by atoms with Gasteiger partial charge in [-0.15, -0.1) is 0 Å². The van der Waals surface area contributed by atoms with Gasteiger partial charge in [0.25, 0.3) is 0 Å². The van der Waals surface area contributed by atoms with Crippen molar-refractivity contribution in [3.8, 4) is 28.5 Å². The Morgan fingerprint density at radius 3 is 2.20 bits per heavy atom. The first kappa shape index (κ1) is 15.1. The standard InChI is InChI=1S/C20H16N2O3/c1-2-19(23-13-1)14-24-16-7-9-18(10-8-16)25-17-5-3-15(4-6-17)20-11-12-21-22-20/h1-13H,14H2,(H,21,22). The van der Waals surface area contributed by atoms with Crippen molar-refractivity contribution in [1.82, 2.24) is 10.2 Å². The van der Waals surface area contributed by atoms with E-state index in [4.69, 9.17) is 13.9 Å². The number of H-pyrrole nitrogens is 1. The van der Waals surface area contributed by atoms with Crippen molar-refractivity contribution in [1.29, 1.82) is 0 Å². The Bertz CT molecular complexity index is 897. The SMILES string of the molecule is c1coc(COc2ccc(Oc3ccc(-c4ccn[nH]4)cc3)cc2)c1. The van der Waals surface area contributed by atoms with Gasteiger partial charge in [-0.25, -0.2) is 0 Å². The molecule has 1 N–H and O–H groups in total. The summed E-state index contributed by atoms with van der Waals surface area (Å²) in [5, 5.41) is 6.89. The zero-order valence-corrected chi connectivity index (χ0v) is 13.4. The van der Waals surface area contributed by atoms with Crippen LogP contribution in [0.1, 0.15) is 5.76 Å². The summed E-state index contributed by atoms with van der Waals surface area (Å²) < 4.78 is 16.7. The average molecular weight is 332 g/mol. The third-order valence-corrected chi connectivity index (χ3v) is 3.69. The molecule has 0 bridgehead atoms. The van der Waals surface area contributed by atoms with E-state index in [0.29, 0.717) is 6.61 Å². The zero-order chi connectivity index (χ0) is 16.9. The molecule has 0 atom stereocenters. The number of hydrogen-bond acceptors (Lipinski definition) is 4. The van der Waals surface area contributed by atoms with E-state index in [-0.39, 0.29) is 0 Å². The van der Waals surface area contributed by atoms with Gasteiger partial charge in [0.15, 0.2) is 0 Å². The van der Waals surface area contributed by atoms with Crippen molar-refractivity contribution < 1.29 is 13.9 Å². The summed E-state index contributed by atoms with van der Waals surface area (Å²) in [5.41, 5.74) is 2.04. The normalized spacial score (nSPS) is 10.6. The number of benzene rings is 2. The minimum atomic E-state index is 0.405. The van der Waals surface area contributed by atoms with E-state index in [1.807, 2.05) is 66.7 Å². The van der Waals surface area contributed by atoms with Gasteiger partial charge in [-0.05, 0) is 72.3 Å². The molecule has 0 fully saturated rings. The second kappa shape index (κ2) is 6.97. The Hall–Kier alpha value is -3.47. The maximum absolute atomic E-state index is 5.86. The van der Waals surface area contributed by atoms with Crippen molar-refractivity contribution in [2.24, 2.45) is 0 Å². The van der Waals surface area contributed by atoms with E-state index in [9.17, 15) is 0 Å². The Morgan fingerprint density at radius 2 is 1.56 bits per heavy atom. The molecule has 2 aromatic carbocycles. The molecule has 0 aliphatic heterocycles. The molecule has 0 spiro atoms. The summed E-state index contributed by atoms with van der Waals surface area (Å²) in [7, 11) is 0. The molecule has 124 valence electrons. The van der Waals surface area contributed by atoms with Gasteiger partial charge >= 0.3 is 0 Å². The van der Waals surface area contributed by atoms with Crippen molar-refractivity contribution in [3.63, 3.8) is 0 Å². The number of ether oxygens (including phenoxy) is 2. The van der Waals surface area contributed by atoms with Crippen molar-refractivity contribution >= 4 is 0 Å². The summed E-state index contributed by atoms with van der Waals surface area (Å²) in [5.74, 6) is 3.07. The minimum Gasteiger partial charge on any atom is -0.486 e. The van der Waals surface area contributed by atoms with Crippen molar-refractivity contribution in [2.45, 2.75) is 6.61 Å². The number of nitrogens with zero attached hydrogens (tertiary/aromatic N) is 1. The van der Waals surface area contributed by atoms with Crippen LogP contribution in [0.2, 0.25) is 0 Å². The first-order valence-electron chi connectivity index (χ1n) is 7.90. The van der Waals surface area contributed by atoms with E-state index in [1.165, 1.54) is 0 Å². The lowest BCUT2D eigenvalue weighted by Crippen LogP contribution is -1.93. The third-order valence-electron chi connectivity index (χ3n) is 3.69. The molecule has 2 heterocycles. The van der Waals surface area contributed by atoms with Gasteiger partial charge in [-0.2, -0.15) is 5.10 Å². The highest BCUT2D eigenvalue weighted by Crippen LogP contribution is 2.26. The number of aromatic amines is 1. The molecule has 5 heteroatoms. The van der Waals surface area contributed by atoms with E-state index >= 15 is 0 Å². The Morgan fingerprint density at radius 1 is 0.840 bits per heavy atom. The highest BCUT2D eigenvalue weighted by atomic mass is 16.5. The maximum Gasteiger partial charge on any atom is 0.146 e. The molecule has 0 aliphatic carbocycles. The minimum absolute atomic E-state index is 0.405. The van der Waals surface area contributed by atoms with Crippen LogP contribution in [0.3, 0.4) is 0 Å². The Labute approximate surface area is 144 Å². The average Bonchev–Trinajstić information content (AvgIpc) is 3.36. The van der Waals surface area contributed by atoms with Crippen LogP contribution in [0.5, 0.6) is 17.2 Å². The number of nitrogens with one attached hydrogen (secondary N) is 1. The summed E-state index contributed by atoms with van der Waals surface area (Å²) in [6.45, 7) is 0.405. The van der Waals surface area contributed by atoms with Gasteiger partial charge in [0.2, 0.25) is 0 Å². The monoisotopic (exact) mass is 332 g/mol. The number of furan rings is 1. The zero-order valence-electron chi connectivity index (χ0n) is 13.4. The van der Waals surface area contributed by atoms with Crippen LogP contribution in [0.4, 0.5) is 0 Å². The van der Waals surface area contributed by atoms with Crippen LogP contribution in [0.25, 0.3) is 11.3 Å². The van der Waals surface area contributed by atoms with Gasteiger partial charge < -0.3 is 13.9 Å². The van der Waals surface area contributed by atoms with E-state index in [2.05, 4.69) is 10.2 Å². The van der Waals surface area contributed by atoms with Gasteiger partial charge in [-0.1, -0.05) is 0 Å². The largest absolute Gasteiger partial charge is 0.486 e. The lowest BCUT2D eigenvalue weighted by atomic mass is 10.1. The summed E-state index contributed by atoms with van der Waals surface area (Å²) >= 11 is 0. The molecule has 0 amide bonds. The summed E-state index contributed by atoms with van der Waals surface area (Å²) in [4.78, 5) is 0. The Balaban J connectivity index is 1.37. The summed E-state index contributed by atoms with van der Waals surface area (Å²) in [6.07, 6.45) is 3.36. The van der Waals surface area contributed by atoms with Crippen LogP contribution in [-0.4, -0.2) is 10.2 Å². The Kier molecular flexibility index (Phi) is 4.20. The molecule has 25 heavy (non-hydrogen) atoms. The fourth-order valence-electron chi connectivity index (χ4n) is 2.41. The first-order chi connectivity index (χ1) is 12.4. The molecule has 0 unspecified atom stereocenters. The molecule has 4 rings (SSSR count). The predicted octanol–water partition coefficient (Wildman–Crippen LogP) is 5.04. The highest BCUT2D eigenvalue weighted by molar-refractivity contribution is 5.59. The van der Waals surface area contributed by atoms with Crippen LogP contribution in [-0.2, 0) is 6.61 Å². The fraction of sp³-hybridized carbons (Fsp3) is 0.0500. The highest BCUT2D eigenvalue weighted by Gasteiger charge is 2.02. The van der Waals surface area contributed by atoms with E-state index in [1.54, 1.807) is 12.5 Å². The molecule has 5 nitrogen and oxygen atoms in total. The lowest BCUT2D eigenvalue weighted by Gasteiger charge is -2.08. The smallest absolute Gasteiger partial charge is 0.146 e. The third kappa shape index (κ3) is 3.72. The number of rotatable bonds is 6. The molecule has 4 aromatic rings. The van der Waals surface area contributed by atoms with Crippen LogP contribution in [0.15, 0.2) is 83.6 Å². The topological polar surface area (TPSA) is 60.3 Å². The van der Waals surface area contributed by atoms with Crippen LogP contribution >= 0.6 is 0 Å². The lowest BCUT2D eigenvalue weighted by molar-refractivity contribution is 0.270. The summed E-state index contributed by atoms with van der Waals surface area (Å²) in [6, 6.07) is 21.0. The molecule has 0 radical (unpaired) electrons. The molecular weight excluding hydrogens is 316 g/mol. The molecule has 0 saturated carbocycles. The second-order valence-corrected chi connectivity index (χ2v) is 5.44. The van der Waals surface area contributed by atoms with Crippen LogP contribution < -0.4 is 9.47 Å². The molecular formula is C20H16N2O3. The molecule has 0 saturated heterocycles. The van der Waals surface area contributed by atoms with Crippen molar-refractivity contribution in [2.75, 3.05) is 0 Å². The fourth-order valence-corrected chi connectivity index (χ4v) is 2.41. The van der Waals surface area contributed by atoms with Gasteiger partial charge in [-0.3, -0.25) is 5.10 Å². The van der Waals surface area contributed by atoms with E-state index in [0.717, 1.165) is 34.3 Å². The van der Waals surface area contributed by atoms with Gasteiger partial charge in [0, 0.05) is 6.20 Å². The quantitative estimate of drug-likeness (QED) is 0.537. The van der Waals surface area contributed by atoms with Crippen molar-refractivity contribution in [3.05, 3.63) is 85.0 Å². The first-order valence-corrected chi connectivity index (χ1v) is 7.90. The predicted molar refractivity (Wildman–Crippen MR) is 93.6 cm³/mol. The van der Waals surface area contributed by atoms with E-state index < -0.39 is 0 Å². The number of aromatic nitrogens is 2.